The average Bonchev–Trinajstić information content (AvgIpc) is 2.43. The normalized spacial score (nSPS) is 27.5. The number of carbonyl (C=O) groups is 2. The Morgan fingerprint density at radius 2 is 2.11 bits per heavy atom. The van der Waals surface area contributed by atoms with Gasteiger partial charge in [0.05, 0.1) is 18.8 Å². The van der Waals surface area contributed by atoms with Crippen molar-refractivity contribution in [3.63, 3.8) is 0 Å². The topological polar surface area (TPSA) is 84.7 Å². The third-order valence-electron chi connectivity index (χ3n) is 3.62. The van der Waals surface area contributed by atoms with E-state index < -0.39 is 11.8 Å². The van der Waals surface area contributed by atoms with Crippen LogP contribution in [0.2, 0.25) is 0 Å². The van der Waals surface area contributed by atoms with Crippen LogP contribution >= 0.6 is 0 Å². The highest BCUT2D eigenvalue weighted by Crippen LogP contribution is 2.28. The minimum Gasteiger partial charge on any atom is -0.374 e. The Hall–Kier alpha value is -1.14. The monoisotopic (exact) mass is 255 g/mol. The van der Waals surface area contributed by atoms with Crippen LogP contribution in [0.25, 0.3) is 0 Å². The summed E-state index contributed by atoms with van der Waals surface area (Å²) in [6, 6.07) is 0.0728. The van der Waals surface area contributed by atoms with Crippen LogP contribution in [0.5, 0.6) is 0 Å². The summed E-state index contributed by atoms with van der Waals surface area (Å²) < 4.78 is 5.68. The summed E-state index contributed by atoms with van der Waals surface area (Å²) in [5.41, 5.74) is 5.30. The number of hydrogen-bond donors (Lipinski definition) is 2. The van der Waals surface area contributed by atoms with Gasteiger partial charge in [0.1, 0.15) is 0 Å². The van der Waals surface area contributed by atoms with Crippen molar-refractivity contribution in [3.8, 4) is 0 Å². The minimum absolute atomic E-state index is 0.0728. The zero-order valence-electron chi connectivity index (χ0n) is 10.6. The largest absolute Gasteiger partial charge is 0.374 e. The molecule has 6 nitrogen and oxygen atoms in total. The molecule has 2 amide bonds. The Morgan fingerprint density at radius 3 is 2.89 bits per heavy atom. The number of ether oxygens (including phenoxy) is 1. The average molecular weight is 255 g/mol. The van der Waals surface area contributed by atoms with E-state index in [1.165, 1.54) is 0 Å². The number of nitrogens with one attached hydrogen (secondary N) is 1. The molecule has 0 aromatic carbocycles. The second kappa shape index (κ2) is 6.15. The molecule has 6 heteroatoms. The maximum absolute atomic E-state index is 12.1. The lowest BCUT2D eigenvalue weighted by molar-refractivity contribution is -0.158. The van der Waals surface area contributed by atoms with Gasteiger partial charge in [-0.2, -0.15) is 0 Å². The fourth-order valence-electron chi connectivity index (χ4n) is 2.74. The van der Waals surface area contributed by atoms with E-state index in [1.807, 2.05) is 0 Å². The van der Waals surface area contributed by atoms with Crippen molar-refractivity contribution in [2.45, 2.75) is 37.8 Å². The van der Waals surface area contributed by atoms with Crippen LogP contribution in [0.3, 0.4) is 0 Å². The fraction of sp³-hybridized carbons (Fsp3) is 0.833. The molecule has 2 atom stereocenters. The first-order chi connectivity index (χ1) is 8.74. The lowest BCUT2D eigenvalue weighted by Gasteiger charge is -2.43. The molecular formula is C12H21N3O3. The standard InChI is InChI=1S/C12H21N3O3/c13-5-6-14-11(16)12(17)15-7-8-18-10-4-2-1-3-9(10)15/h9-10H,1-8,13H2,(H,14,16). The first-order valence-electron chi connectivity index (χ1n) is 6.64. The quantitative estimate of drug-likeness (QED) is 0.635. The van der Waals surface area contributed by atoms with E-state index in [4.69, 9.17) is 10.5 Å². The summed E-state index contributed by atoms with van der Waals surface area (Å²) >= 11 is 0. The molecule has 0 radical (unpaired) electrons. The molecule has 2 unspecified atom stereocenters. The first kappa shape index (κ1) is 13.3. The highest BCUT2D eigenvalue weighted by atomic mass is 16.5. The van der Waals surface area contributed by atoms with E-state index in [0.29, 0.717) is 26.2 Å². The van der Waals surface area contributed by atoms with Crippen LogP contribution in [0, 0.1) is 0 Å². The molecule has 0 aromatic rings. The molecule has 2 fully saturated rings. The van der Waals surface area contributed by atoms with Crippen LogP contribution in [0.15, 0.2) is 0 Å². The summed E-state index contributed by atoms with van der Waals surface area (Å²) in [5, 5.41) is 2.53. The van der Waals surface area contributed by atoms with E-state index in [2.05, 4.69) is 5.32 Å². The molecule has 1 saturated carbocycles. The molecule has 1 saturated heterocycles. The summed E-state index contributed by atoms with van der Waals surface area (Å²) in [6.45, 7) is 1.71. The third-order valence-corrected chi connectivity index (χ3v) is 3.62. The molecule has 0 spiro atoms. The van der Waals surface area contributed by atoms with Crippen molar-refractivity contribution in [1.82, 2.24) is 10.2 Å². The first-order valence-corrected chi connectivity index (χ1v) is 6.64. The Balaban J connectivity index is 1.97. The zero-order valence-corrected chi connectivity index (χ0v) is 10.6. The van der Waals surface area contributed by atoms with Gasteiger partial charge in [0.2, 0.25) is 0 Å². The number of nitrogens with zero attached hydrogens (tertiary/aromatic N) is 1. The van der Waals surface area contributed by atoms with Crippen molar-refractivity contribution in [1.29, 1.82) is 0 Å². The minimum atomic E-state index is -0.549. The van der Waals surface area contributed by atoms with Gasteiger partial charge in [-0.05, 0) is 12.8 Å². The highest BCUT2D eigenvalue weighted by Gasteiger charge is 2.38. The lowest BCUT2D eigenvalue weighted by Crippen LogP contribution is -2.58. The van der Waals surface area contributed by atoms with Crippen molar-refractivity contribution >= 4 is 11.8 Å². The Morgan fingerprint density at radius 1 is 1.33 bits per heavy atom. The molecule has 0 bridgehead atoms. The molecule has 0 aromatic heterocycles. The van der Waals surface area contributed by atoms with Crippen molar-refractivity contribution in [2.24, 2.45) is 5.73 Å². The molecular weight excluding hydrogens is 234 g/mol. The van der Waals surface area contributed by atoms with Gasteiger partial charge in [0, 0.05) is 19.6 Å². The van der Waals surface area contributed by atoms with Crippen LogP contribution in [-0.4, -0.2) is 55.1 Å². The summed E-state index contributed by atoms with van der Waals surface area (Å²) in [4.78, 5) is 25.4. The molecule has 2 aliphatic rings. The number of rotatable bonds is 2. The second-order valence-corrected chi connectivity index (χ2v) is 4.80. The maximum Gasteiger partial charge on any atom is 0.312 e. The van der Waals surface area contributed by atoms with Gasteiger partial charge in [-0.15, -0.1) is 0 Å². The zero-order chi connectivity index (χ0) is 13.0. The molecule has 102 valence electrons. The van der Waals surface area contributed by atoms with Crippen LogP contribution in [0.1, 0.15) is 25.7 Å². The molecule has 1 aliphatic heterocycles. The molecule has 18 heavy (non-hydrogen) atoms. The van der Waals surface area contributed by atoms with E-state index in [0.717, 1.165) is 25.7 Å². The number of carbonyl (C=O) groups excluding carboxylic acids is 2. The van der Waals surface area contributed by atoms with Gasteiger partial charge >= 0.3 is 11.8 Å². The van der Waals surface area contributed by atoms with E-state index >= 15 is 0 Å². The van der Waals surface area contributed by atoms with E-state index in [-0.39, 0.29) is 12.1 Å². The molecule has 1 heterocycles. The summed E-state index contributed by atoms with van der Waals surface area (Å²) in [5.74, 6) is -0.990. The fourth-order valence-corrected chi connectivity index (χ4v) is 2.74. The number of hydrogen-bond acceptors (Lipinski definition) is 4. The van der Waals surface area contributed by atoms with Crippen LogP contribution in [-0.2, 0) is 14.3 Å². The predicted octanol–water partition coefficient (Wildman–Crippen LogP) is -0.769. The van der Waals surface area contributed by atoms with Gasteiger partial charge in [0.15, 0.2) is 0 Å². The number of amides is 2. The van der Waals surface area contributed by atoms with Crippen molar-refractivity contribution in [2.75, 3.05) is 26.2 Å². The van der Waals surface area contributed by atoms with E-state index in [1.54, 1.807) is 4.90 Å². The number of fused-ring (bicyclic) bond motifs is 1. The van der Waals surface area contributed by atoms with Gasteiger partial charge in [-0.25, -0.2) is 0 Å². The van der Waals surface area contributed by atoms with Gasteiger partial charge < -0.3 is 20.7 Å². The Labute approximate surface area is 107 Å². The van der Waals surface area contributed by atoms with Gasteiger partial charge in [-0.1, -0.05) is 12.8 Å². The maximum atomic E-state index is 12.1. The summed E-state index contributed by atoms with van der Waals surface area (Å²) in [6.07, 6.45) is 4.26. The van der Waals surface area contributed by atoms with Gasteiger partial charge in [-0.3, -0.25) is 9.59 Å². The van der Waals surface area contributed by atoms with Crippen LogP contribution in [0.4, 0.5) is 0 Å². The van der Waals surface area contributed by atoms with Gasteiger partial charge in [0.25, 0.3) is 0 Å². The SMILES string of the molecule is NCCNC(=O)C(=O)N1CCOC2CCCCC21. The molecule has 2 rings (SSSR count). The van der Waals surface area contributed by atoms with Crippen molar-refractivity contribution in [3.05, 3.63) is 0 Å². The second-order valence-electron chi connectivity index (χ2n) is 4.80. The molecule has 3 N–H and O–H groups in total. The lowest BCUT2D eigenvalue weighted by atomic mass is 9.90. The third kappa shape index (κ3) is 2.81. The number of nitrogens with two attached hydrogens (primary N) is 1. The summed E-state index contributed by atoms with van der Waals surface area (Å²) in [7, 11) is 0. The number of morpholine rings is 1. The highest BCUT2D eigenvalue weighted by molar-refractivity contribution is 6.35. The Bertz CT molecular complexity index is 320. The predicted molar refractivity (Wildman–Crippen MR) is 65.8 cm³/mol. The smallest absolute Gasteiger partial charge is 0.312 e. The Kier molecular flexibility index (Phi) is 4.54. The van der Waals surface area contributed by atoms with Crippen LogP contribution < -0.4 is 11.1 Å². The van der Waals surface area contributed by atoms with Crippen molar-refractivity contribution < 1.29 is 14.3 Å². The molecule has 1 aliphatic carbocycles. The van der Waals surface area contributed by atoms with E-state index in [9.17, 15) is 9.59 Å².